The van der Waals surface area contributed by atoms with Crippen molar-refractivity contribution in [1.82, 2.24) is 4.57 Å². The van der Waals surface area contributed by atoms with Crippen molar-refractivity contribution < 1.29 is 19.2 Å². The van der Waals surface area contributed by atoms with E-state index in [-0.39, 0.29) is 24.5 Å². The van der Waals surface area contributed by atoms with Crippen molar-refractivity contribution in [3.05, 3.63) is 137 Å². The Hall–Kier alpha value is -4.83. The predicted octanol–water partition coefficient (Wildman–Crippen LogP) is 4.29. The van der Waals surface area contributed by atoms with E-state index in [1.165, 1.54) is 17.4 Å². The van der Waals surface area contributed by atoms with Crippen molar-refractivity contribution in [1.29, 1.82) is 0 Å². The summed E-state index contributed by atoms with van der Waals surface area (Å²) in [4.78, 5) is 42.5. The summed E-state index contributed by atoms with van der Waals surface area (Å²) in [6.07, 6.45) is 1.76. The van der Waals surface area contributed by atoms with Gasteiger partial charge in [0.25, 0.3) is 11.2 Å². The van der Waals surface area contributed by atoms with Crippen LogP contribution >= 0.6 is 11.3 Å². The van der Waals surface area contributed by atoms with Gasteiger partial charge in [0.15, 0.2) is 4.80 Å². The van der Waals surface area contributed by atoms with Crippen LogP contribution in [-0.2, 0) is 16.1 Å². The highest BCUT2D eigenvalue weighted by molar-refractivity contribution is 7.07. The number of allylic oxidation sites excluding steroid dienone is 1. The molecule has 0 N–H and O–H groups in total. The summed E-state index contributed by atoms with van der Waals surface area (Å²) in [7, 11) is 0. The lowest BCUT2D eigenvalue weighted by atomic mass is 9.96. The first-order valence-corrected chi connectivity index (χ1v) is 13.4. The summed E-state index contributed by atoms with van der Waals surface area (Å²) in [6.45, 7) is 3.75. The van der Waals surface area contributed by atoms with E-state index in [4.69, 9.17) is 9.47 Å². The molecule has 0 radical (unpaired) electrons. The van der Waals surface area contributed by atoms with Crippen LogP contribution in [0.5, 0.6) is 5.75 Å². The van der Waals surface area contributed by atoms with Gasteiger partial charge in [-0.1, -0.05) is 65.9 Å². The zero-order valence-corrected chi connectivity index (χ0v) is 22.6. The van der Waals surface area contributed by atoms with Crippen LogP contribution in [0.25, 0.3) is 6.08 Å². The molecule has 0 saturated heterocycles. The fourth-order valence-electron chi connectivity index (χ4n) is 4.53. The Morgan fingerprint density at radius 1 is 1.07 bits per heavy atom. The van der Waals surface area contributed by atoms with Crippen molar-refractivity contribution in [2.45, 2.75) is 26.5 Å². The number of ether oxygens (including phenoxy) is 2. The van der Waals surface area contributed by atoms with E-state index in [2.05, 4.69) is 4.99 Å². The molecule has 0 saturated carbocycles. The average Bonchev–Trinajstić information content (AvgIpc) is 3.26. The molecule has 10 heteroatoms. The van der Waals surface area contributed by atoms with Crippen LogP contribution < -0.4 is 19.6 Å². The Balaban J connectivity index is 1.46. The number of nitro groups is 1. The molecule has 4 aromatic rings. The van der Waals surface area contributed by atoms with Crippen LogP contribution in [0.4, 0.5) is 5.69 Å². The molecule has 0 amide bonds. The van der Waals surface area contributed by atoms with E-state index in [9.17, 15) is 19.7 Å². The van der Waals surface area contributed by atoms with Gasteiger partial charge < -0.3 is 9.47 Å². The Labute approximate surface area is 233 Å². The molecule has 202 valence electrons. The maximum absolute atomic E-state index is 13.7. The molecule has 0 unspecified atom stereocenters. The van der Waals surface area contributed by atoms with E-state index in [0.717, 1.165) is 11.1 Å². The molecule has 1 aliphatic rings. The largest absolute Gasteiger partial charge is 0.489 e. The maximum Gasteiger partial charge on any atom is 0.338 e. The third-order valence-electron chi connectivity index (χ3n) is 6.39. The number of para-hydroxylation sites is 1. The second-order valence-electron chi connectivity index (χ2n) is 8.96. The third kappa shape index (κ3) is 5.34. The number of carbonyl (C=O) groups excluding carboxylic acids is 1. The van der Waals surface area contributed by atoms with Crippen molar-refractivity contribution in [3.63, 3.8) is 0 Å². The molecule has 5 rings (SSSR count). The fraction of sp³-hybridized carbons (Fsp3) is 0.167. The van der Waals surface area contributed by atoms with E-state index < -0.39 is 16.9 Å². The van der Waals surface area contributed by atoms with Crippen LogP contribution in [0.15, 0.2) is 99.9 Å². The highest BCUT2D eigenvalue weighted by atomic mass is 32.1. The summed E-state index contributed by atoms with van der Waals surface area (Å²) in [5.74, 6) is 0.0406. The van der Waals surface area contributed by atoms with Crippen molar-refractivity contribution in [2.24, 2.45) is 4.99 Å². The van der Waals surface area contributed by atoms with Crippen LogP contribution in [0.1, 0.15) is 36.6 Å². The van der Waals surface area contributed by atoms with Gasteiger partial charge in [0, 0.05) is 6.07 Å². The molecule has 1 aliphatic heterocycles. The molecular formula is C30H25N3O6S. The van der Waals surface area contributed by atoms with E-state index in [1.54, 1.807) is 67.0 Å². The predicted molar refractivity (Wildman–Crippen MR) is 151 cm³/mol. The van der Waals surface area contributed by atoms with Crippen LogP contribution in [-0.4, -0.2) is 22.1 Å². The number of nitro benzene ring substituents is 1. The third-order valence-corrected chi connectivity index (χ3v) is 7.38. The van der Waals surface area contributed by atoms with Gasteiger partial charge in [-0.2, -0.15) is 0 Å². The van der Waals surface area contributed by atoms with Crippen molar-refractivity contribution in [2.75, 3.05) is 6.61 Å². The maximum atomic E-state index is 13.7. The molecule has 0 spiro atoms. The minimum Gasteiger partial charge on any atom is -0.489 e. The fourth-order valence-corrected chi connectivity index (χ4v) is 5.57. The van der Waals surface area contributed by atoms with Crippen LogP contribution in [0, 0.1) is 10.1 Å². The van der Waals surface area contributed by atoms with Gasteiger partial charge in [0.1, 0.15) is 12.4 Å². The quantitative estimate of drug-likeness (QED) is 0.182. The van der Waals surface area contributed by atoms with Crippen LogP contribution in [0.3, 0.4) is 0 Å². The Morgan fingerprint density at radius 3 is 2.48 bits per heavy atom. The Kier molecular flexibility index (Phi) is 7.70. The lowest BCUT2D eigenvalue weighted by Gasteiger charge is -2.24. The first kappa shape index (κ1) is 26.8. The number of thiazole rings is 1. The lowest BCUT2D eigenvalue weighted by molar-refractivity contribution is -0.385. The average molecular weight is 556 g/mol. The first-order chi connectivity index (χ1) is 19.4. The van der Waals surface area contributed by atoms with Gasteiger partial charge >= 0.3 is 5.97 Å². The Bertz CT molecular complexity index is 1790. The van der Waals surface area contributed by atoms with E-state index >= 15 is 0 Å². The van der Waals surface area contributed by atoms with E-state index in [0.29, 0.717) is 31.9 Å². The molecule has 2 heterocycles. The minimum atomic E-state index is -0.656. The minimum absolute atomic E-state index is 0.00431. The number of hydrogen-bond donors (Lipinski definition) is 0. The molecule has 9 nitrogen and oxygen atoms in total. The monoisotopic (exact) mass is 555 g/mol. The first-order valence-electron chi connectivity index (χ1n) is 12.6. The lowest BCUT2D eigenvalue weighted by Crippen LogP contribution is -2.39. The number of carbonyl (C=O) groups is 1. The summed E-state index contributed by atoms with van der Waals surface area (Å²) in [6, 6.07) is 22.2. The summed E-state index contributed by atoms with van der Waals surface area (Å²) in [5, 5.41) is 11.2. The highest BCUT2D eigenvalue weighted by Gasteiger charge is 2.33. The van der Waals surface area contributed by atoms with Gasteiger partial charge in [-0.05, 0) is 49.2 Å². The van der Waals surface area contributed by atoms with Gasteiger partial charge in [0.05, 0.1) is 38.9 Å². The SMILES string of the molecule is CCOC(=O)C1=C(C)N=c2s/c(=C\c3ccc(OCc4ccccc4[N+](=O)[O-])cc3)c(=O)n2[C@H]1c1ccccc1. The van der Waals surface area contributed by atoms with Gasteiger partial charge in [0.2, 0.25) is 0 Å². The second-order valence-corrected chi connectivity index (χ2v) is 9.97. The van der Waals surface area contributed by atoms with Gasteiger partial charge in [-0.3, -0.25) is 19.5 Å². The molecule has 40 heavy (non-hydrogen) atoms. The number of esters is 1. The molecular weight excluding hydrogens is 530 g/mol. The number of rotatable bonds is 8. The number of aromatic nitrogens is 1. The van der Waals surface area contributed by atoms with E-state index in [1.807, 2.05) is 30.3 Å². The smallest absolute Gasteiger partial charge is 0.338 e. The second kappa shape index (κ2) is 11.5. The zero-order valence-electron chi connectivity index (χ0n) is 21.8. The van der Waals surface area contributed by atoms with Crippen molar-refractivity contribution >= 4 is 29.1 Å². The summed E-state index contributed by atoms with van der Waals surface area (Å²) < 4.78 is 13.1. The molecule has 0 bridgehead atoms. The number of fused-ring (bicyclic) bond motifs is 1. The highest BCUT2D eigenvalue weighted by Crippen LogP contribution is 2.30. The van der Waals surface area contributed by atoms with Gasteiger partial charge in [-0.15, -0.1) is 0 Å². The molecule has 3 aromatic carbocycles. The molecule has 0 fully saturated rings. The van der Waals surface area contributed by atoms with Crippen molar-refractivity contribution in [3.8, 4) is 5.75 Å². The van der Waals surface area contributed by atoms with Gasteiger partial charge in [-0.25, -0.2) is 9.79 Å². The summed E-state index contributed by atoms with van der Waals surface area (Å²) in [5.41, 5.74) is 2.62. The normalized spacial score (nSPS) is 14.8. The molecule has 1 aromatic heterocycles. The Morgan fingerprint density at radius 2 is 1.77 bits per heavy atom. The number of hydrogen-bond acceptors (Lipinski definition) is 8. The zero-order chi connectivity index (χ0) is 28.2. The number of benzene rings is 3. The molecule has 1 atom stereocenters. The summed E-state index contributed by atoms with van der Waals surface area (Å²) >= 11 is 1.25. The molecule has 0 aliphatic carbocycles. The standard InChI is InChI=1S/C30H25N3O6S/c1-3-38-29(35)26-19(2)31-30-32(27(26)21-9-5-4-6-10-21)28(34)25(40-30)17-20-13-15-23(16-14-20)39-18-22-11-7-8-12-24(22)33(36)37/h4-17,27H,3,18H2,1-2H3/b25-17-/t27-/m0/s1. The van der Waals surface area contributed by atoms with Crippen LogP contribution in [0.2, 0.25) is 0 Å². The number of nitrogens with zero attached hydrogens (tertiary/aromatic N) is 3. The topological polar surface area (TPSA) is 113 Å².